The molecule has 5 nitrogen and oxygen atoms in total. The summed E-state index contributed by atoms with van der Waals surface area (Å²) in [6.45, 7) is 8.16. The maximum atomic E-state index is 12.2. The Labute approximate surface area is 181 Å². The van der Waals surface area contributed by atoms with Crippen molar-refractivity contribution in [1.82, 2.24) is 0 Å². The minimum absolute atomic E-state index is 0.102. The Bertz CT molecular complexity index is 744. The van der Waals surface area contributed by atoms with Crippen LogP contribution in [-0.2, 0) is 4.79 Å². The molecule has 0 heterocycles. The summed E-state index contributed by atoms with van der Waals surface area (Å²) in [7, 11) is 0. The number of carbonyl (C=O) groups is 1. The third-order valence-electron chi connectivity index (χ3n) is 4.66. The van der Waals surface area contributed by atoms with Crippen LogP contribution in [0.15, 0.2) is 48.5 Å². The highest BCUT2D eigenvalue weighted by molar-refractivity contribution is 5.93. The van der Waals surface area contributed by atoms with Crippen LogP contribution in [0.3, 0.4) is 0 Å². The lowest BCUT2D eigenvalue weighted by atomic mass is 10.1. The van der Waals surface area contributed by atoms with Gasteiger partial charge in [0.25, 0.3) is 0 Å². The fourth-order valence-corrected chi connectivity index (χ4v) is 2.85. The van der Waals surface area contributed by atoms with E-state index in [-0.39, 0.29) is 12.5 Å². The normalized spacial score (nSPS) is 10.7. The van der Waals surface area contributed by atoms with Gasteiger partial charge >= 0.3 is 0 Å². The Morgan fingerprint density at radius 2 is 1.67 bits per heavy atom. The minimum Gasteiger partial charge on any atom is -0.494 e. The average molecular weight is 413 g/mol. The first-order chi connectivity index (χ1) is 14.6. The van der Waals surface area contributed by atoms with Gasteiger partial charge in [0.1, 0.15) is 11.5 Å². The third kappa shape index (κ3) is 9.68. The van der Waals surface area contributed by atoms with Gasteiger partial charge in [-0.1, -0.05) is 46.1 Å². The molecule has 0 aliphatic heterocycles. The zero-order valence-corrected chi connectivity index (χ0v) is 18.6. The Morgan fingerprint density at radius 1 is 0.900 bits per heavy atom. The summed E-state index contributed by atoms with van der Waals surface area (Å²) in [5, 5.41) is 6.04. The summed E-state index contributed by atoms with van der Waals surface area (Å²) >= 11 is 0. The molecular weight excluding hydrogens is 376 g/mol. The van der Waals surface area contributed by atoms with Gasteiger partial charge in [-0.3, -0.25) is 4.79 Å². The van der Waals surface area contributed by atoms with E-state index in [1.165, 1.54) is 19.3 Å². The molecule has 0 aliphatic carbocycles. The van der Waals surface area contributed by atoms with Crippen molar-refractivity contribution in [2.24, 2.45) is 5.92 Å². The molecule has 1 amide bonds. The van der Waals surface area contributed by atoms with E-state index < -0.39 is 0 Å². The topological polar surface area (TPSA) is 59.6 Å². The van der Waals surface area contributed by atoms with Gasteiger partial charge in [0, 0.05) is 17.4 Å². The van der Waals surface area contributed by atoms with Gasteiger partial charge in [-0.25, -0.2) is 0 Å². The van der Waals surface area contributed by atoms with Gasteiger partial charge in [-0.2, -0.15) is 0 Å². The number of rotatable bonds is 14. The maximum absolute atomic E-state index is 12.2. The molecule has 0 aromatic heterocycles. The SMILES string of the molecule is CCCCCCOc1cccc(NCC(=O)Nc2ccc(OCCC(C)C)cc2)c1. The molecule has 2 aromatic rings. The van der Waals surface area contributed by atoms with E-state index in [2.05, 4.69) is 31.4 Å². The molecule has 164 valence electrons. The highest BCUT2D eigenvalue weighted by atomic mass is 16.5. The van der Waals surface area contributed by atoms with Crippen molar-refractivity contribution < 1.29 is 14.3 Å². The molecule has 30 heavy (non-hydrogen) atoms. The number of hydrogen-bond donors (Lipinski definition) is 2. The quantitative estimate of drug-likeness (QED) is 0.367. The van der Waals surface area contributed by atoms with Crippen molar-refractivity contribution in [3.63, 3.8) is 0 Å². The summed E-state index contributed by atoms with van der Waals surface area (Å²) in [5.74, 6) is 2.16. The van der Waals surface area contributed by atoms with Gasteiger partial charge in [0.15, 0.2) is 0 Å². The lowest BCUT2D eigenvalue weighted by Crippen LogP contribution is -2.21. The lowest BCUT2D eigenvalue weighted by molar-refractivity contribution is -0.114. The van der Waals surface area contributed by atoms with E-state index in [9.17, 15) is 4.79 Å². The number of amides is 1. The fourth-order valence-electron chi connectivity index (χ4n) is 2.85. The number of ether oxygens (including phenoxy) is 2. The van der Waals surface area contributed by atoms with Gasteiger partial charge in [-0.15, -0.1) is 0 Å². The van der Waals surface area contributed by atoms with Crippen molar-refractivity contribution in [2.45, 2.75) is 52.9 Å². The molecule has 0 spiro atoms. The zero-order chi connectivity index (χ0) is 21.6. The second-order valence-corrected chi connectivity index (χ2v) is 7.89. The molecule has 2 N–H and O–H groups in total. The van der Waals surface area contributed by atoms with Gasteiger partial charge in [0.05, 0.1) is 19.8 Å². The Morgan fingerprint density at radius 3 is 2.40 bits per heavy atom. The number of anilines is 2. The summed E-state index contributed by atoms with van der Waals surface area (Å²) in [6, 6.07) is 15.2. The van der Waals surface area contributed by atoms with Crippen LogP contribution in [0.25, 0.3) is 0 Å². The maximum Gasteiger partial charge on any atom is 0.243 e. The molecule has 0 saturated carbocycles. The summed E-state index contributed by atoms with van der Waals surface area (Å²) in [6.07, 6.45) is 5.75. The standard InChI is InChI=1S/C25H36N2O3/c1-4-5-6-7-16-29-24-10-8-9-22(18-24)26-19-25(28)27-21-11-13-23(14-12-21)30-17-15-20(2)3/h8-14,18,20,26H,4-7,15-17,19H2,1-3H3,(H,27,28). The molecule has 0 aliphatic rings. The van der Waals surface area contributed by atoms with Crippen LogP contribution < -0.4 is 20.1 Å². The number of nitrogens with one attached hydrogen (secondary N) is 2. The highest BCUT2D eigenvalue weighted by Gasteiger charge is 2.04. The number of benzene rings is 2. The second kappa shape index (κ2) is 13.5. The largest absolute Gasteiger partial charge is 0.494 e. The second-order valence-electron chi connectivity index (χ2n) is 7.89. The van der Waals surface area contributed by atoms with Crippen molar-refractivity contribution in [3.05, 3.63) is 48.5 Å². The van der Waals surface area contributed by atoms with Crippen LogP contribution in [0.2, 0.25) is 0 Å². The van der Waals surface area contributed by atoms with Crippen molar-refractivity contribution in [3.8, 4) is 11.5 Å². The Kier molecular flexibility index (Phi) is 10.6. The predicted molar refractivity (Wildman–Crippen MR) is 125 cm³/mol. The van der Waals surface area contributed by atoms with E-state index in [0.29, 0.717) is 12.5 Å². The van der Waals surface area contributed by atoms with E-state index in [0.717, 1.165) is 42.3 Å². The van der Waals surface area contributed by atoms with E-state index >= 15 is 0 Å². The monoisotopic (exact) mass is 412 g/mol. The van der Waals surface area contributed by atoms with Crippen LogP contribution in [0.1, 0.15) is 52.9 Å². The Hall–Kier alpha value is -2.69. The summed E-state index contributed by atoms with van der Waals surface area (Å²) < 4.78 is 11.5. The molecule has 0 bridgehead atoms. The van der Waals surface area contributed by atoms with E-state index in [4.69, 9.17) is 9.47 Å². The molecule has 0 atom stereocenters. The predicted octanol–water partition coefficient (Wildman–Crippen LogP) is 6.12. The first-order valence-corrected chi connectivity index (χ1v) is 11.1. The number of hydrogen-bond acceptors (Lipinski definition) is 4. The number of unbranched alkanes of at least 4 members (excludes halogenated alkanes) is 3. The van der Waals surface area contributed by atoms with Crippen LogP contribution in [-0.4, -0.2) is 25.7 Å². The smallest absolute Gasteiger partial charge is 0.243 e. The molecule has 0 unspecified atom stereocenters. The molecule has 0 radical (unpaired) electrons. The Balaban J connectivity index is 1.72. The summed E-state index contributed by atoms with van der Waals surface area (Å²) in [5.41, 5.74) is 1.62. The van der Waals surface area contributed by atoms with Gasteiger partial charge in [-0.05, 0) is 55.2 Å². The van der Waals surface area contributed by atoms with Crippen LogP contribution in [0.5, 0.6) is 11.5 Å². The van der Waals surface area contributed by atoms with Gasteiger partial charge < -0.3 is 20.1 Å². The lowest BCUT2D eigenvalue weighted by Gasteiger charge is -2.11. The van der Waals surface area contributed by atoms with Crippen LogP contribution in [0, 0.1) is 5.92 Å². The van der Waals surface area contributed by atoms with Gasteiger partial charge in [0.2, 0.25) is 5.91 Å². The van der Waals surface area contributed by atoms with Crippen molar-refractivity contribution in [1.29, 1.82) is 0 Å². The van der Waals surface area contributed by atoms with E-state index in [1.807, 2.05) is 48.5 Å². The molecule has 0 fully saturated rings. The fraction of sp³-hybridized carbons (Fsp3) is 0.480. The van der Waals surface area contributed by atoms with Crippen molar-refractivity contribution >= 4 is 17.3 Å². The third-order valence-corrected chi connectivity index (χ3v) is 4.66. The molecule has 2 aromatic carbocycles. The average Bonchev–Trinajstić information content (AvgIpc) is 2.73. The first kappa shape index (κ1) is 23.6. The molecule has 2 rings (SSSR count). The summed E-state index contributed by atoms with van der Waals surface area (Å²) in [4.78, 5) is 12.2. The molecule has 0 saturated heterocycles. The zero-order valence-electron chi connectivity index (χ0n) is 18.6. The molecular formula is C25H36N2O3. The first-order valence-electron chi connectivity index (χ1n) is 11.1. The molecule has 5 heteroatoms. The van der Waals surface area contributed by atoms with E-state index in [1.54, 1.807) is 0 Å². The number of carbonyl (C=O) groups excluding carboxylic acids is 1. The highest BCUT2D eigenvalue weighted by Crippen LogP contribution is 2.19. The van der Waals surface area contributed by atoms with Crippen LogP contribution in [0.4, 0.5) is 11.4 Å². The minimum atomic E-state index is -0.102. The van der Waals surface area contributed by atoms with Crippen LogP contribution >= 0.6 is 0 Å². The van der Waals surface area contributed by atoms with Crippen molar-refractivity contribution in [2.75, 3.05) is 30.4 Å².